The number of hydrogen-bond acceptors (Lipinski definition) is 34. The van der Waals surface area contributed by atoms with Crippen molar-refractivity contribution in [1.29, 1.82) is 0 Å². The lowest BCUT2D eigenvalue weighted by molar-refractivity contribution is -0.345. The van der Waals surface area contributed by atoms with Gasteiger partial charge in [0, 0.05) is 0 Å². The van der Waals surface area contributed by atoms with Crippen LogP contribution in [0.3, 0.4) is 0 Å². The van der Waals surface area contributed by atoms with Crippen LogP contribution in [0.5, 0.6) is 0 Å². The number of carbonyl (C=O) groups is 2. The van der Waals surface area contributed by atoms with Crippen LogP contribution < -0.4 is 40.1 Å². The van der Waals surface area contributed by atoms with Gasteiger partial charge in [-0.2, -0.15) is 90.9 Å². The highest BCUT2D eigenvalue weighted by molar-refractivity contribution is 7.84. The Morgan fingerprint density at radius 1 is 0.684 bits per heavy atom. The van der Waals surface area contributed by atoms with E-state index in [2.05, 4.69) is 57.1 Å². The Hall–Kier alpha value is -2.60. The van der Waals surface area contributed by atoms with E-state index in [1.807, 2.05) is 0 Å². The summed E-state index contributed by atoms with van der Waals surface area (Å²) in [6.07, 6.45) is -29.5. The van der Waals surface area contributed by atoms with Crippen molar-refractivity contribution in [1.82, 2.24) is 4.72 Å². The molecule has 0 aromatic heterocycles. The molecule has 332 valence electrons. The van der Waals surface area contributed by atoms with Crippen molar-refractivity contribution in [3.63, 3.8) is 0 Å². The third-order valence-corrected chi connectivity index (χ3v) is 10.1. The Labute approximate surface area is 318 Å². The predicted molar refractivity (Wildman–Crippen MR) is 160 cm³/mol. The first-order valence-electron chi connectivity index (χ1n) is 14.2. The smallest absolute Gasteiger partial charge is 0.416 e. The summed E-state index contributed by atoms with van der Waals surface area (Å²) >= 11 is 0. The highest BCUT2D eigenvalue weighted by Gasteiger charge is 2.57. The van der Waals surface area contributed by atoms with Gasteiger partial charge in [-0.15, -0.1) is 0 Å². The van der Waals surface area contributed by atoms with Crippen molar-refractivity contribution >= 4 is 53.4 Å². The number of nitrogens with one attached hydrogen (secondary N) is 1. The van der Waals surface area contributed by atoms with Gasteiger partial charge in [-0.3, -0.25) is 0 Å². The van der Waals surface area contributed by atoms with Gasteiger partial charge in [-0.05, 0) is 6.08 Å². The van der Waals surface area contributed by atoms with E-state index in [1.165, 1.54) is 0 Å². The van der Waals surface area contributed by atoms with Gasteiger partial charge in [0.2, 0.25) is 12.0 Å². The monoisotopic (exact) mass is 923 g/mol. The maximum atomic E-state index is 12.5. The molecule has 2 fully saturated rings. The molecular formula is C18H33N7O28S4. The quantitative estimate of drug-likeness (QED) is 0.0536. The molecule has 0 aromatic carbocycles. The molecule has 3 aliphatic rings. The molecule has 0 saturated carbocycles. The van der Waals surface area contributed by atoms with Crippen LogP contribution in [0.25, 0.3) is 0 Å². The van der Waals surface area contributed by atoms with Gasteiger partial charge < -0.3 is 53.8 Å². The fourth-order valence-electron chi connectivity index (χ4n) is 4.84. The van der Waals surface area contributed by atoms with Gasteiger partial charge in [-0.25, -0.2) is 22.1 Å². The second kappa shape index (κ2) is 19.6. The number of aliphatic hydroxyl groups is 4. The lowest BCUT2D eigenvalue weighted by atomic mass is 9.95. The third-order valence-electron chi connectivity index (χ3n) is 7.22. The van der Waals surface area contributed by atoms with E-state index in [-0.39, 0.29) is 0 Å². The molecule has 0 radical (unpaired) electrons. The Balaban J connectivity index is 2.18. The molecule has 0 aromatic rings. The molecule has 3 rings (SSSR count). The van der Waals surface area contributed by atoms with E-state index in [4.69, 9.17) is 41.4 Å². The maximum absolute atomic E-state index is 12.5. The first-order valence-corrected chi connectivity index (χ1v) is 19.7. The third kappa shape index (κ3) is 12.5. The summed E-state index contributed by atoms with van der Waals surface area (Å²) in [5.74, 6) is 24.0. The number of rotatable bonds is 19. The van der Waals surface area contributed by atoms with E-state index < -0.39 is 146 Å². The number of aliphatic hydroxyl groups excluding tert-OH is 4. The fourth-order valence-corrected chi connectivity index (χ4v) is 6.88. The number of hydrogen-bond donors (Lipinski definition) is 11. The van der Waals surface area contributed by atoms with Crippen LogP contribution in [0, 0.1) is 0 Å². The van der Waals surface area contributed by atoms with Gasteiger partial charge in [-0.1, -0.05) is 0 Å². The summed E-state index contributed by atoms with van der Waals surface area (Å²) in [5.41, 5.74) is 0. The molecule has 3 heterocycles. The zero-order chi connectivity index (χ0) is 43.3. The summed E-state index contributed by atoms with van der Waals surface area (Å²) in [6.45, 7) is -1.47. The van der Waals surface area contributed by atoms with Crippen molar-refractivity contribution in [2.45, 2.75) is 79.8 Å². The molecule has 35 nitrogen and oxygen atoms in total. The second-order valence-corrected chi connectivity index (χ2v) is 15.6. The average molecular weight is 924 g/mol. The second-order valence-electron chi connectivity index (χ2n) is 10.6. The minimum atomic E-state index is -5.29. The molecule has 2 saturated heterocycles. The van der Waals surface area contributed by atoms with E-state index in [0.29, 0.717) is 6.08 Å². The number of carbonyl (C=O) groups excluding carboxylic acids is 2. The minimum absolute atomic E-state index is 0.462. The first-order chi connectivity index (χ1) is 26.4. The Morgan fingerprint density at radius 3 is 1.77 bits per heavy atom. The highest BCUT2D eigenvalue weighted by Crippen LogP contribution is 2.34. The lowest BCUT2D eigenvalue weighted by Crippen LogP contribution is -2.69. The lowest BCUT2D eigenvalue weighted by Gasteiger charge is -2.48. The SMILES string of the molecule is NOC(=O)C1=CC(O)C(OS(=O)(=O)ON)[C@H](O[C@@H]2C(COS(=O)(=O)ON)O[C@H](O[C@@H]3C(C(=O)ON)OC(O)C(OS(=O)(=O)ON)[C@H]3O)C(NS(=O)(=O)ON)C2O)O1. The van der Waals surface area contributed by atoms with Gasteiger partial charge >= 0.3 is 53.4 Å². The molecule has 17 N–H and O–H groups in total. The molecule has 0 aliphatic carbocycles. The Bertz CT molecular complexity index is 1890. The molecule has 0 bridgehead atoms. The molecule has 3 aliphatic heterocycles. The molecule has 39 heteroatoms. The van der Waals surface area contributed by atoms with Crippen molar-refractivity contribution < 1.29 is 127 Å². The van der Waals surface area contributed by atoms with E-state index in [1.54, 1.807) is 4.72 Å². The topological polar surface area (TPSA) is 549 Å². The van der Waals surface area contributed by atoms with Crippen molar-refractivity contribution in [2.75, 3.05) is 6.61 Å². The summed E-state index contributed by atoms with van der Waals surface area (Å²) in [6, 6.07) is -2.51. The van der Waals surface area contributed by atoms with Crippen LogP contribution in [-0.4, -0.2) is 152 Å². The van der Waals surface area contributed by atoms with Crippen LogP contribution in [0.15, 0.2) is 11.8 Å². The maximum Gasteiger partial charge on any atom is 0.416 e. The highest BCUT2D eigenvalue weighted by atomic mass is 32.3. The minimum Gasteiger partial charge on any atom is -0.454 e. The molecule has 0 amide bonds. The summed E-state index contributed by atoms with van der Waals surface area (Å²) in [7, 11) is -21.0. The molecule has 13 atom stereocenters. The van der Waals surface area contributed by atoms with Gasteiger partial charge in [0.15, 0.2) is 30.9 Å². The molecule has 0 spiro atoms. The van der Waals surface area contributed by atoms with Crippen molar-refractivity contribution in [3.8, 4) is 0 Å². The van der Waals surface area contributed by atoms with Crippen molar-refractivity contribution in [3.05, 3.63) is 11.8 Å². The summed E-state index contributed by atoms with van der Waals surface area (Å²) in [4.78, 5) is 32.7. The zero-order valence-corrected chi connectivity index (χ0v) is 30.7. The molecule has 57 heavy (non-hydrogen) atoms. The van der Waals surface area contributed by atoms with Crippen LogP contribution in [0.1, 0.15) is 0 Å². The first kappa shape index (κ1) is 48.8. The number of ether oxygens (including phenoxy) is 5. The zero-order valence-electron chi connectivity index (χ0n) is 27.5. The standard InChI is InChI=1S/C18H33N7O28S4/c19-46-14(29)4-1-3(26)9(48-56(36,37)52-23)18(41-4)44-10-5(2-40-55(34,35)51-22)42-17(6(7(10)27)25-54(32,33)50-21)45-11-8(28)12(49-57(38,39)53-24)15(30)43-13(11)16(31)47-20/h1,3,5-13,15,17-18,25-28,30H,2,19-24H2/t3?,5?,6?,7?,8-,9?,10+,11-,12?,13?,15?,17+,18-/m0/s1. The van der Waals surface area contributed by atoms with Gasteiger partial charge in [0.25, 0.3) is 0 Å². The van der Waals surface area contributed by atoms with Gasteiger partial charge in [0.1, 0.15) is 42.7 Å². The predicted octanol–water partition coefficient (Wildman–Crippen LogP) is -11.4. The molecular weight excluding hydrogens is 890 g/mol. The van der Waals surface area contributed by atoms with Crippen LogP contribution in [0.2, 0.25) is 0 Å². The largest absolute Gasteiger partial charge is 0.454 e. The Morgan fingerprint density at radius 2 is 1.25 bits per heavy atom. The summed E-state index contributed by atoms with van der Waals surface area (Å²) < 4.78 is 153. The van der Waals surface area contributed by atoms with Crippen LogP contribution in [-0.2, 0) is 114 Å². The van der Waals surface area contributed by atoms with E-state index in [0.717, 1.165) is 0 Å². The summed E-state index contributed by atoms with van der Waals surface area (Å²) in [5, 5.41) is 43.5. The van der Waals surface area contributed by atoms with E-state index >= 15 is 0 Å². The van der Waals surface area contributed by atoms with Crippen molar-refractivity contribution in [2.24, 2.45) is 35.4 Å². The van der Waals surface area contributed by atoms with E-state index in [9.17, 15) is 63.7 Å². The Kier molecular flexibility index (Phi) is 16.8. The van der Waals surface area contributed by atoms with Crippen LogP contribution >= 0.6 is 0 Å². The van der Waals surface area contributed by atoms with Crippen LogP contribution in [0.4, 0.5) is 0 Å². The fraction of sp³-hybridized carbons (Fsp3) is 0.778. The van der Waals surface area contributed by atoms with Gasteiger partial charge in [0.05, 0.1) is 6.61 Å². The normalized spacial score (nSPS) is 34.1. The average Bonchev–Trinajstić information content (AvgIpc) is 3.16. The molecule has 8 unspecified atom stereocenters. The number of nitrogens with two attached hydrogens (primary N) is 6.